The van der Waals surface area contributed by atoms with Crippen molar-refractivity contribution in [2.24, 2.45) is 0 Å². The molecule has 0 heteroatoms. The lowest BCUT2D eigenvalue weighted by molar-refractivity contribution is 0.435. The van der Waals surface area contributed by atoms with Crippen LogP contribution in [-0.4, -0.2) is 0 Å². The monoisotopic (exact) mass is 1670 g/mol. The minimum atomic E-state index is -0.0484. The molecule has 0 radical (unpaired) electrons. The first-order chi connectivity index (χ1) is 62.1. The van der Waals surface area contributed by atoms with Crippen molar-refractivity contribution in [2.45, 2.75) is 315 Å². The molecule has 648 valence electrons. The maximum Gasteiger partial charge on any atom is 0.0215 e. The number of fused-ring (bicyclic) bond motifs is 18. The smallest absolute Gasteiger partial charge is 0.0215 e. The number of rotatable bonds is 36. The van der Waals surface area contributed by atoms with Crippen molar-refractivity contribution in [3.8, 4) is 111 Å². The van der Waals surface area contributed by atoms with Gasteiger partial charge in [-0.1, -0.05) is 366 Å². The van der Waals surface area contributed by atoms with Gasteiger partial charge in [0.05, 0.1) is 0 Å². The van der Waals surface area contributed by atoms with Crippen molar-refractivity contribution in [1.82, 2.24) is 0 Å². The lowest BCUT2D eigenvalue weighted by atomic mass is 9.70. The standard InChI is InChI=1S/C127H140/c1-14-60-122(61-15-2)110-38-28-26-36-98(110)102-52-42-90(77-114(102)122)94-46-56-106-108-58-48-96(83-120(108)126(68-22-9,69-23-10)118(106)81-94)92-44-54-104-100-50-40-86(75-112(100)124(64-18-5,65-19-6)116(104)79-92)32-30-34-88-72-85(13)73-89(74-88)35-31-33-87-41-51-101-105-55-45-93(80-117(105)125(66-20-7,67-21-8)113(101)76-87)97-49-59-109-107-57-47-95(82-119(107)127(70-24-11,71-25-12)121(109)84-97)91-43-53-103-99-37-27-29-39-111(99)123(62-16-3,63-17-4)115(103)78-91/h26-29,36-59,72-84H,14-25,30-35,60-71H2,1-13H3. The minimum Gasteiger partial charge on any atom is -0.0653 e. The molecule has 0 saturated carbocycles. The van der Waals surface area contributed by atoms with Crippen molar-refractivity contribution < 1.29 is 0 Å². The van der Waals surface area contributed by atoms with Crippen LogP contribution in [0.15, 0.2) is 249 Å². The average Bonchev–Trinajstić information content (AvgIpc) is 1.57. The highest BCUT2D eigenvalue weighted by Gasteiger charge is 2.49. The summed E-state index contributed by atoms with van der Waals surface area (Å²) in [6, 6.07) is 102. The van der Waals surface area contributed by atoms with E-state index in [1.807, 2.05) is 0 Å². The molecule has 19 rings (SSSR count). The maximum absolute atomic E-state index is 2.68. The van der Waals surface area contributed by atoms with E-state index >= 15 is 0 Å². The molecule has 0 fully saturated rings. The van der Waals surface area contributed by atoms with Gasteiger partial charge in [-0.15, -0.1) is 0 Å². The molecule has 127 heavy (non-hydrogen) atoms. The van der Waals surface area contributed by atoms with Gasteiger partial charge in [0, 0.05) is 32.5 Å². The predicted octanol–water partition coefficient (Wildman–Crippen LogP) is 36.2. The molecule has 0 N–H and O–H groups in total. The molecule has 0 nitrogen and oxygen atoms in total. The van der Waals surface area contributed by atoms with Gasteiger partial charge in [0.1, 0.15) is 0 Å². The summed E-state index contributed by atoms with van der Waals surface area (Å²) in [6.45, 7) is 31.2. The van der Waals surface area contributed by atoms with Gasteiger partial charge in [-0.25, -0.2) is 0 Å². The highest BCUT2D eigenvalue weighted by atomic mass is 14.5. The van der Waals surface area contributed by atoms with Crippen molar-refractivity contribution in [2.75, 3.05) is 0 Å². The first-order valence-corrected chi connectivity index (χ1v) is 50.9. The highest BCUT2D eigenvalue weighted by molar-refractivity contribution is 5.93. The van der Waals surface area contributed by atoms with E-state index in [0.717, 1.165) is 141 Å². The number of aryl methyl sites for hydroxylation is 5. The lowest BCUT2D eigenvalue weighted by Crippen LogP contribution is -2.25. The van der Waals surface area contributed by atoms with E-state index in [2.05, 4.69) is 339 Å². The molecule has 0 aromatic heterocycles. The Labute approximate surface area is 764 Å². The summed E-state index contributed by atoms with van der Waals surface area (Å²) in [5.41, 5.74) is 54.2. The van der Waals surface area contributed by atoms with Crippen LogP contribution < -0.4 is 0 Å². The van der Waals surface area contributed by atoms with Crippen LogP contribution in [0.25, 0.3) is 111 Å². The molecule has 0 amide bonds. The summed E-state index contributed by atoms with van der Waals surface area (Å²) in [4.78, 5) is 0. The van der Waals surface area contributed by atoms with E-state index in [-0.39, 0.29) is 32.5 Å². The van der Waals surface area contributed by atoms with E-state index in [0.29, 0.717) is 0 Å². The van der Waals surface area contributed by atoms with E-state index < -0.39 is 0 Å². The Morgan fingerprint density at radius 1 is 0.157 bits per heavy atom. The molecular formula is C127H140. The van der Waals surface area contributed by atoms with E-state index in [4.69, 9.17) is 0 Å². The van der Waals surface area contributed by atoms with Crippen LogP contribution in [-0.2, 0) is 58.2 Å². The van der Waals surface area contributed by atoms with Gasteiger partial charge < -0.3 is 0 Å². The summed E-state index contributed by atoms with van der Waals surface area (Å²) < 4.78 is 0. The molecule has 0 saturated heterocycles. The highest BCUT2D eigenvalue weighted by Crippen LogP contribution is 2.63. The Morgan fingerprint density at radius 2 is 0.331 bits per heavy atom. The Bertz CT molecular complexity index is 5890. The van der Waals surface area contributed by atoms with Gasteiger partial charge in [0.2, 0.25) is 0 Å². The van der Waals surface area contributed by atoms with E-state index in [9.17, 15) is 0 Å². The number of benzene rings is 13. The van der Waals surface area contributed by atoms with Crippen molar-refractivity contribution >= 4 is 0 Å². The second-order valence-electron chi connectivity index (χ2n) is 40.5. The number of hydrogen-bond acceptors (Lipinski definition) is 0. The molecule has 0 unspecified atom stereocenters. The maximum atomic E-state index is 2.68. The summed E-state index contributed by atoms with van der Waals surface area (Å²) in [5, 5.41) is 0. The second kappa shape index (κ2) is 35.4. The lowest BCUT2D eigenvalue weighted by Gasteiger charge is -2.33. The zero-order valence-corrected chi connectivity index (χ0v) is 79.4. The van der Waals surface area contributed by atoms with Crippen LogP contribution >= 0.6 is 0 Å². The van der Waals surface area contributed by atoms with Crippen molar-refractivity contribution in [3.63, 3.8) is 0 Å². The van der Waals surface area contributed by atoms with Crippen LogP contribution in [0.5, 0.6) is 0 Å². The van der Waals surface area contributed by atoms with Crippen LogP contribution in [0.3, 0.4) is 0 Å². The molecule has 0 bridgehead atoms. The molecule has 0 heterocycles. The summed E-state index contributed by atoms with van der Waals surface area (Å²) >= 11 is 0. The summed E-state index contributed by atoms with van der Waals surface area (Å²) in [5.74, 6) is 0. The zero-order chi connectivity index (χ0) is 87.6. The minimum absolute atomic E-state index is 0.0155. The van der Waals surface area contributed by atoms with Crippen LogP contribution in [0.1, 0.15) is 345 Å². The van der Waals surface area contributed by atoms with Gasteiger partial charge >= 0.3 is 0 Å². The average molecular weight is 1670 g/mol. The number of hydrogen-bond donors (Lipinski definition) is 0. The molecule has 6 aliphatic rings. The molecule has 13 aromatic rings. The Morgan fingerprint density at radius 3 is 0.543 bits per heavy atom. The third-order valence-electron chi connectivity index (χ3n) is 32.6. The van der Waals surface area contributed by atoms with Crippen molar-refractivity contribution in [1.29, 1.82) is 0 Å². The van der Waals surface area contributed by atoms with E-state index in [1.54, 1.807) is 55.6 Å². The zero-order valence-electron chi connectivity index (χ0n) is 79.4. The first-order valence-electron chi connectivity index (χ1n) is 50.9. The Kier molecular flexibility index (Phi) is 24.0. The topological polar surface area (TPSA) is 0 Å². The molecule has 0 spiro atoms. The third kappa shape index (κ3) is 14.1. The van der Waals surface area contributed by atoms with Crippen LogP contribution in [0, 0.1) is 6.92 Å². The fourth-order valence-electron chi connectivity index (χ4n) is 28.1. The second-order valence-corrected chi connectivity index (χ2v) is 40.5. The predicted molar refractivity (Wildman–Crippen MR) is 546 cm³/mol. The van der Waals surface area contributed by atoms with Gasteiger partial charge in [-0.05, 0) is 371 Å². The first kappa shape index (κ1) is 86.3. The largest absolute Gasteiger partial charge is 0.0653 e. The molecule has 0 atom stereocenters. The molecule has 6 aliphatic carbocycles. The van der Waals surface area contributed by atoms with Crippen LogP contribution in [0.2, 0.25) is 0 Å². The van der Waals surface area contributed by atoms with Gasteiger partial charge in [0.15, 0.2) is 0 Å². The Hall–Kier alpha value is -10.1. The van der Waals surface area contributed by atoms with E-state index in [1.165, 1.54) is 202 Å². The molecular weight excluding hydrogens is 1530 g/mol. The van der Waals surface area contributed by atoms with Gasteiger partial charge in [0.25, 0.3) is 0 Å². The quantitative estimate of drug-likeness (QED) is 0.0367. The van der Waals surface area contributed by atoms with Gasteiger partial charge in [-0.2, -0.15) is 0 Å². The van der Waals surface area contributed by atoms with Gasteiger partial charge in [-0.3, -0.25) is 0 Å². The third-order valence-corrected chi connectivity index (χ3v) is 32.6. The fraction of sp³-hybridized carbons (Fsp3) is 0.386. The Balaban J connectivity index is 0.538. The molecule has 13 aromatic carbocycles. The fourth-order valence-corrected chi connectivity index (χ4v) is 28.1. The van der Waals surface area contributed by atoms with Crippen LogP contribution in [0.4, 0.5) is 0 Å². The summed E-state index contributed by atoms with van der Waals surface area (Å²) in [6.07, 6.45) is 34.5. The normalized spacial score (nSPS) is 15.5. The SMILES string of the molecule is CCCC1(CCC)c2ccccc2-c2ccc(-c3ccc4c(c3)C(CCC)(CCC)c3cc(-c5ccc6c(c5)C(CCC)(CCC)c5cc(CCCc7cc(C)cc(CCCc8ccc9c(c8)C(CCC)(CCC)c8cc(-c%10ccc%11c(c%10)C(CCC)(CCC)c%10cc(-c%12ccc%13c(c%12)C(CCC)(CCC)c%12ccccc%12-%13)ccc%10-%11)ccc8-9)c7)ccc5-6)ccc3-4)cc21. The molecule has 0 aliphatic heterocycles. The van der Waals surface area contributed by atoms with Crippen molar-refractivity contribution in [3.05, 3.63) is 343 Å². The summed E-state index contributed by atoms with van der Waals surface area (Å²) in [7, 11) is 0.